The van der Waals surface area contributed by atoms with E-state index in [1.807, 2.05) is 24.3 Å². The van der Waals surface area contributed by atoms with Crippen molar-refractivity contribution in [3.05, 3.63) is 97.1 Å². The number of hydrogen-bond donors (Lipinski definition) is 4. The second-order valence-electron chi connectivity index (χ2n) is 8.66. The van der Waals surface area contributed by atoms with Crippen LogP contribution in [-0.4, -0.2) is 39.5 Å². The molecule has 4 aromatic carbocycles. The van der Waals surface area contributed by atoms with Gasteiger partial charge in [-0.1, -0.05) is 24.3 Å². The SMILES string of the molecule is COc1ccc(NC(=O)Nc2ccccc2OCCCOc2ccccc2NC(=O)Nc2ccc(OC)cc2)cc1. The molecule has 0 spiro atoms. The van der Waals surface area contributed by atoms with Gasteiger partial charge < -0.3 is 40.2 Å². The zero-order chi connectivity index (χ0) is 28.9. The molecule has 10 nitrogen and oxygen atoms in total. The Balaban J connectivity index is 1.23. The second kappa shape index (κ2) is 14.7. The number of amides is 4. The first-order valence-corrected chi connectivity index (χ1v) is 12.9. The summed E-state index contributed by atoms with van der Waals surface area (Å²) in [4.78, 5) is 25.0. The normalized spacial score (nSPS) is 10.2. The second-order valence-corrected chi connectivity index (χ2v) is 8.66. The van der Waals surface area contributed by atoms with Crippen LogP contribution < -0.4 is 40.2 Å². The van der Waals surface area contributed by atoms with Gasteiger partial charge in [0.15, 0.2) is 0 Å². The van der Waals surface area contributed by atoms with Crippen LogP contribution in [0.25, 0.3) is 0 Å². The lowest BCUT2D eigenvalue weighted by Crippen LogP contribution is -2.20. The largest absolute Gasteiger partial charge is 0.497 e. The van der Waals surface area contributed by atoms with E-state index in [-0.39, 0.29) is 0 Å². The molecule has 4 rings (SSSR count). The van der Waals surface area contributed by atoms with Gasteiger partial charge in [0.05, 0.1) is 38.8 Å². The number of para-hydroxylation sites is 4. The Kier molecular flexibility index (Phi) is 10.3. The molecule has 0 atom stereocenters. The summed E-state index contributed by atoms with van der Waals surface area (Å²) in [6, 6.07) is 27.7. The molecule has 41 heavy (non-hydrogen) atoms. The van der Waals surface area contributed by atoms with Crippen LogP contribution in [0.15, 0.2) is 97.1 Å². The Hall–Kier alpha value is -5.38. The van der Waals surface area contributed by atoms with Gasteiger partial charge in [-0.2, -0.15) is 0 Å². The fourth-order valence-corrected chi connectivity index (χ4v) is 3.73. The van der Waals surface area contributed by atoms with Crippen molar-refractivity contribution in [3.63, 3.8) is 0 Å². The molecule has 0 heterocycles. The lowest BCUT2D eigenvalue weighted by atomic mass is 10.3. The Morgan fingerprint density at radius 2 is 0.927 bits per heavy atom. The smallest absolute Gasteiger partial charge is 0.323 e. The molecule has 4 amide bonds. The third-order valence-electron chi connectivity index (χ3n) is 5.77. The molecule has 0 saturated heterocycles. The summed E-state index contributed by atoms with van der Waals surface area (Å²) in [6.07, 6.45) is 0.568. The van der Waals surface area contributed by atoms with E-state index in [1.54, 1.807) is 87.0 Å². The van der Waals surface area contributed by atoms with Crippen molar-refractivity contribution in [1.82, 2.24) is 0 Å². The first kappa shape index (κ1) is 28.6. The summed E-state index contributed by atoms with van der Waals surface area (Å²) < 4.78 is 22.1. The van der Waals surface area contributed by atoms with Crippen LogP contribution in [0.1, 0.15) is 6.42 Å². The first-order chi connectivity index (χ1) is 20.0. The van der Waals surface area contributed by atoms with Gasteiger partial charge in [0, 0.05) is 17.8 Å². The van der Waals surface area contributed by atoms with Crippen molar-refractivity contribution in [2.45, 2.75) is 6.42 Å². The first-order valence-electron chi connectivity index (χ1n) is 12.9. The van der Waals surface area contributed by atoms with Crippen molar-refractivity contribution in [1.29, 1.82) is 0 Å². The number of urea groups is 2. The van der Waals surface area contributed by atoms with Gasteiger partial charge in [-0.05, 0) is 72.8 Å². The van der Waals surface area contributed by atoms with Crippen LogP contribution in [0.4, 0.5) is 32.3 Å². The van der Waals surface area contributed by atoms with Crippen molar-refractivity contribution in [3.8, 4) is 23.0 Å². The van der Waals surface area contributed by atoms with E-state index in [4.69, 9.17) is 18.9 Å². The van der Waals surface area contributed by atoms with Crippen molar-refractivity contribution < 1.29 is 28.5 Å². The lowest BCUT2D eigenvalue weighted by molar-refractivity contribution is 0.247. The Morgan fingerprint density at radius 1 is 0.537 bits per heavy atom. The van der Waals surface area contributed by atoms with Gasteiger partial charge in [0.2, 0.25) is 0 Å². The summed E-state index contributed by atoms with van der Waals surface area (Å²) in [5.41, 5.74) is 2.34. The number of carbonyl (C=O) groups is 2. The van der Waals surface area contributed by atoms with E-state index in [0.29, 0.717) is 65.4 Å². The molecular weight excluding hydrogens is 524 g/mol. The summed E-state index contributed by atoms with van der Waals surface area (Å²) in [6.45, 7) is 0.707. The highest BCUT2D eigenvalue weighted by atomic mass is 16.5. The Morgan fingerprint density at radius 3 is 1.32 bits per heavy atom. The summed E-state index contributed by atoms with van der Waals surface area (Å²) >= 11 is 0. The zero-order valence-electron chi connectivity index (χ0n) is 22.8. The molecule has 0 fully saturated rings. The highest BCUT2D eigenvalue weighted by Gasteiger charge is 2.10. The third kappa shape index (κ3) is 8.82. The molecule has 0 unspecified atom stereocenters. The minimum atomic E-state index is -0.394. The minimum Gasteiger partial charge on any atom is -0.497 e. The van der Waals surface area contributed by atoms with E-state index < -0.39 is 12.1 Å². The predicted molar refractivity (Wildman–Crippen MR) is 160 cm³/mol. The maximum Gasteiger partial charge on any atom is 0.323 e. The summed E-state index contributed by atoms with van der Waals surface area (Å²) in [7, 11) is 3.17. The monoisotopic (exact) mass is 556 g/mol. The average molecular weight is 557 g/mol. The third-order valence-corrected chi connectivity index (χ3v) is 5.77. The maximum atomic E-state index is 12.5. The Bertz CT molecular complexity index is 1320. The molecule has 0 aromatic heterocycles. The fraction of sp³-hybridized carbons (Fsp3) is 0.161. The Labute approximate surface area is 238 Å². The summed E-state index contributed by atoms with van der Waals surface area (Å²) in [5.74, 6) is 2.48. The van der Waals surface area contributed by atoms with Crippen molar-refractivity contribution in [2.75, 3.05) is 48.7 Å². The van der Waals surface area contributed by atoms with Crippen molar-refractivity contribution in [2.24, 2.45) is 0 Å². The topological polar surface area (TPSA) is 119 Å². The van der Waals surface area contributed by atoms with Gasteiger partial charge in [-0.15, -0.1) is 0 Å². The molecule has 0 aliphatic rings. The number of hydrogen-bond acceptors (Lipinski definition) is 6. The van der Waals surface area contributed by atoms with Gasteiger partial charge >= 0.3 is 12.1 Å². The van der Waals surface area contributed by atoms with E-state index in [1.165, 1.54) is 0 Å². The van der Waals surface area contributed by atoms with Crippen LogP contribution in [0, 0.1) is 0 Å². The van der Waals surface area contributed by atoms with E-state index in [2.05, 4.69) is 21.3 Å². The molecule has 10 heteroatoms. The van der Waals surface area contributed by atoms with Crippen LogP contribution in [0.3, 0.4) is 0 Å². The van der Waals surface area contributed by atoms with Crippen LogP contribution in [0.2, 0.25) is 0 Å². The van der Waals surface area contributed by atoms with Crippen molar-refractivity contribution >= 4 is 34.8 Å². The highest BCUT2D eigenvalue weighted by Crippen LogP contribution is 2.26. The molecule has 4 N–H and O–H groups in total. The molecule has 0 aliphatic heterocycles. The van der Waals surface area contributed by atoms with Crippen LogP contribution >= 0.6 is 0 Å². The van der Waals surface area contributed by atoms with Gasteiger partial charge in [-0.3, -0.25) is 0 Å². The molecule has 0 bridgehead atoms. The van der Waals surface area contributed by atoms with Gasteiger partial charge in [0.25, 0.3) is 0 Å². The standard InChI is InChI=1S/C31H32N4O6/c1-38-24-16-12-22(13-17-24)32-30(36)34-26-8-3-5-10-28(26)40-20-7-21-41-29-11-6-4-9-27(29)35-31(37)33-23-14-18-25(39-2)19-15-23/h3-6,8-19H,7,20-21H2,1-2H3,(H2,32,34,36)(H2,33,35,37). The van der Waals surface area contributed by atoms with E-state index in [0.717, 1.165) is 0 Å². The maximum absolute atomic E-state index is 12.5. The van der Waals surface area contributed by atoms with E-state index in [9.17, 15) is 9.59 Å². The highest BCUT2D eigenvalue weighted by molar-refractivity contribution is 6.01. The van der Waals surface area contributed by atoms with E-state index >= 15 is 0 Å². The number of ether oxygens (including phenoxy) is 4. The number of nitrogens with one attached hydrogen (secondary N) is 4. The molecule has 4 aromatic rings. The lowest BCUT2D eigenvalue weighted by Gasteiger charge is -2.15. The summed E-state index contributed by atoms with van der Waals surface area (Å²) in [5, 5.41) is 11.2. The number of rotatable bonds is 12. The number of anilines is 4. The fourth-order valence-electron chi connectivity index (χ4n) is 3.73. The number of carbonyl (C=O) groups excluding carboxylic acids is 2. The quantitative estimate of drug-likeness (QED) is 0.142. The zero-order valence-corrected chi connectivity index (χ0v) is 22.8. The average Bonchev–Trinajstić information content (AvgIpc) is 2.99. The number of methoxy groups -OCH3 is 2. The van der Waals surface area contributed by atoms with Gasteiger partial charge in [0.1, 0.15) is 23.0 Å². The molecule has 212 valence electrons. The minimum absolute atomic E-state index is 0.354. The van der Waals surface area contributed by atoms with Gasteiger partial charge in [-0.25, -0.2) is 9.59 Å². The molecule has 0 radical (unpaired) electrons. The predicted octanol–water partition coefficient (Wildman–Crippen LogP) is 6.84. The number of benzene rings is 4. The van der Waals surface area contributed by atoms with Crippen LogP contribution in [0.5, 0.6) is 23.0 Å². The molecule has 0 aliphatic carbocycles. The molecule has 0 saturated carbocycles. The van der Waals surface area contributed by atoms with Crippen LogP contribution in [-0.2, 0) is 0 Å². The molecular formula is C31H32N4O6.